The standard InChI is InChI=1S/C17H19N3O3/c18-15(21)13-9-17(16(19)22,8-12-4-7-23-14(12)13)5-3-11-2-1-6-20-10-11/h1-2,6,9-10H,3-5,7-8H2,(H2,18,21)(H2,19,22). The Kier molecular flexibility index (Phi) is 3.90. The number of nitrogens with two attached hydrogens (primary N) is 2. The third-order valence-electron chi connectivity index (χ3n) is 4.50. The van der Waals surface area contributed by atoms with Gasteiger partial charge in [-0.3, -0.25) is 14.6 Å². The van der Waals surface area contributed by atoms with Crippen LogP contribution < -0.4 is 11.5 Å². The Hall–Kier alpha value is -2.63. The quantitative estimate of drug-likeness (QED) is 0.844. The van der Waals surface area contributed by atoms with Crippen LogP contribution in [0.15, 0.2) is 47.5 Å². The summed E-state index contributed by atoms with van der Waals surface area (Å²) in [6.45, 7) is 0.507. The van der Waals surface area contributed by atoms with Gasteiger partial charge in [-0.25, -0.2) is 0 Å². The summed E-state index contributed by atoms with van der Waals surface area (Å²) in [4.78, 5) is 28.0. The van der Waals surface area contributed by atoms with Crippen molar-refractivity contribution in [2.75, 3.05) is 6.61 Å². The van der Waals surface area contributed by atoms with Crippen molar-refractivity contribution in [3.63, 3.8) is 0 Å². The molecule has 0 radical (unpaired) electrons. The van der Waals surface area contributed by atoms with Crippen molar-refractivity contribution in [1.82, 2.24) is 4.98 Å². The van der Waals surface area contributed by atoms with E-state index < -0.39 is 17.2 Å². The fourth-order valence-electron chi connectivity index (χ4n) is 3.24. The second kappa shape index (κ2) is 5.87. The van der Waals surface area contributed by atoms with Crippen LogP contribution >= 0.6 is 0 Å². The lowest BCUT2D eigenvalue weighted by molar-refractivity contribution is -0.125. The van der Waals surface area contributed by atoms with Crippen molar-refractivity contribution in [3.05, 3.63) is 53.1 Å². The molecule has 1 aliphatic heterocycles. The van der Waals surface area contributed by atoms with Crippen LogP contribution in [-0.4, -0.2) is 23.4 Å². The molecule has 3 rings (SSSR count). The summed E-state index contributed by atoms with van der Waals surface area (Å²) in [5, 5.41) is 0. The van der Waals surface area contributed by atoms with Crippen molar-refractivity contribution in [1.29, 1.82) is 0 Å². The highest BCUT2D eigenvalue weighted by Gasteiger charge is 2.42. The lowest BCUT2D eigenvalue weighted by Crippen LogP contribution is -2.39. The molecular weight excluding hydrogens is 294 g/mol. The molecule has 1 atom stereocenters. The number of hydrogen-bond donors (Lipinski definition) is 2. The summed E-state index contributed by atoms with van der Waals surface area (Å²) < 4.78 is 5.52. The van der Waals surface area contributed by atoms with Crippen molar-refractivity contribution in [3.8, 4) is 0 Å². The van der Waals surface area contributed by atoms with Crippen LogP contribution in [0.25, 0.3) is 0 Å². The highest BCUT2D eigenvalue weighted by atomic mass is 16.5. The molecule has 2 heterocycles. The van der Waals surface area contributed by atoms with Gasteiger partial charge in [-0.05, 0) is 36.5 Å². The third-order valence-corrected chi connectivity index (χ3v) is 4.50. The van der Waals surface area contributed by atoms with Crippen LogP contribution in [0.5, 0.6) is 0 Å². The maximum absolute atomic E-state index is 12.2. The monoisotopic (exact) mass is 313 g/mol. The molecule has 1 aromatic heterocycles. The molecule has 23 heavy (non-hydrogen) atoms. The molecular formula is C17H19N3O3. The van der Waals surface area contributed by atoms with E-state index in [0.717, 1.165) is 11.1 Å². The second-order valence-corrected chi connectivity index (χ2v) is 6.01. The molecule has 0 fully saturated rings. The zero-order chi connectivity index (χ0) is 16.4. The Morgan fingerprint density at radius 2 is 2.17 bits per heavy atom. The lowest BCUT2D eigenvalue weighted by Gasteiger charge is -2.32. The number of amides is 2. The van der Waals surface area contributed by atoms with E-state index in [0.29, 0.717) is 38.0 Å². The number of aromatic nitrogens is 1. The smallest absolute Gasteiger partial charge is 0.252 e. The molecule has 0 saturated carbocycles. The van der Waals surface area contributed by atoms with Crippen LogP contribution in [-0.2, 0) is 20.7 Å². The molecule has 6 nitrogen and oxygen atoms in total. The molecule has 2 amide bonds. The minimum atomic E-state index is -0.910. The van der Waals surface area contributed by atoms with Crippen molar-refractivity contribution < 1.29 is 14.3 Å². The molecule has 0 saturated heterocycles. The van der Waals surface area contributed by atoms with Gasteiger partial charge in [-0.2, -0.15) is 0 Å². The first-order valence-corrected chi connectivity index (χ1v) is 7.58. The van der Waals surface area contributed by atoms with Crippen LogP contribution in [0, 0.1) is 5.41 Å². The van der Waals surface area contributed by atoms with E-state index in [1.165, 1.54) is 0 Å². The number of rotatable bonds is 5. The largest absolute Gasteiger partial charge is 0.492 e. The van der Waals surface area contributed by atoms with Gasteiger partial charge in [0.2, 0.25) is 5.91 Å². The molecule has 120 valence electrons. The first kappa shape index (κ1) is 15.3. The van der Waals surface area contributed by atoms with Crippen molar-refractivity contribution in [2.24, 2.45) is 16.9 Å². The summed E-state index contributed by atoms with van der Waals surface area (Å²) >= 11 is 0. The molecule has 0 bridgehead atoms. The Bertz CT molecular complexity index is 709. The molecule has 1 aromatic rings. The Labute approximate surface area is 134 Å². The van der Waals surface area contributed by atoms with E-state index in [2.05, 4.69) is 4.98 Å². The fraction of sp³-hybridized carbons (Fsp3) is 0.353. The van der Waals surface area contributed by atoms with Gasteiger partial charge in [-0.15, -0.1) is 0 Å². The lowest BCUT2D eigenvalue weighted by atomic mass is 9.71. The Morgan fingerprint density at radius 1 is 1.35 bits per heavy atom. The summed E-state index contributed by atoms with van der Waals surface area (Å²) in [5.41, 5.74) is 12.5. The van der Waals surface area contributed by atoms with Gasteiger partial charge in [0.25, 0.3) is 5.91 Å². The summed E-state index contributed by atoms with van der Waals surface area (Å²) in [6.07, 6.45) is 7.39. The van der Waals surface area contributed by atoms with Crippen LogP contribution in [0.3, 0.4) is 0 Å². The summed E-state index contributed by atoms with van der Waals surface area (Å²) in [5.74, 6) is -0.500. The fourth-order valence-corrected chi connectivity index (χ4v) is 3.24. The van der Waals surface area contributed by atoms with Gasteiger partial charge in [-0.1, -0.05) is 12.1 Å². The number of pyridine rings is 1. The molecule has 1 unspecified atom stereocenters. The molecule has 0 spiro atoms. The highest BCUT2D eigenvalue weighted by molar-refractivity contribution is 5.98. The second-order valence-electron chi connectivity index (χ2n) is 6.01. The summed E-state index contributed by atoms with van der Waals surface area (Å²) in [6, 6.07) is 3.80. The van der Waals surface area contributed by atoms with Gasteiger partial charge in [0, 0.05) is 18.8 Å². The molecule has 4 N–H and O–H groups in total. The first-order chi connectivity index (χ1) is 11.0. The average molecular weight is 313 g/mol. The zero-order valence-corrected chi connectivity index (χ0v) is 12.7. The van der Waals surface area contributed by atoms with Crippen molar-refractivity contribution >= 4 is 11.8 Å². The third kappa shape index (κ3) is 2.84. The number of carbonyl (C=O) groups excluding carboxylic acids is 2. The number of hydrogen-bond acceptors (Lipinski definition) is 4. The van der Waals surface area contributed by atoms with Gasteiger partial charge < -0.3 is 16.2 Å². The highest BCUT2D eigenvalue weighted by Crippen LogP contribution is 2.44. The van der Waals surface area contributed by atoms with E-state index in [4.69, 9.17) is 16.2 Å². The predicted molar refractivity (Wildman–Crippen MR) is 83.7 cm³/mol. The normalized spacial score (nSPS) is 23.0. The van der Waals surface area contributed by atoms with Gasteiger partial charge in [0.15, 0.2) is 0 Å². The van der Waals surface area contributed by atoms with Gasteiger partial charge in [0.1, 0.15) is 5.76 Å². The topological polar surface area (TPSA) is 108 Å². The minimum absolute atomic E-state index is 0.272. The number of nitrogens with zero attached hydrogens (tertiary/aromatic N) is 1. The van der Waals surface area contributed by atoms with Gasteiger partial charge in [0.05, 0.1) is 17.6 Å². The van der Waals surface area contributed by atoms with Crippen LogP contribution in [0.4, 0.5) is 0 Å². The van der Waals surface area contributed by atoms with Gasteiger partial charge >= 0.3 is 0 Å². The summed E-state index contributed by atoms with van der Waals surface area (Å²) in [7, 11) is 0. The average Bonchev–Trinajstić information content (AvgIpc) is 3.00. The molecule has 0 aromatic carbocycles. The maximum atomic E-state index is 12.2. The first-order valence-electron chi connectivity index (χ1n) is 7.58. The Morgan fingerprint density at radius 3 is 2.83 bits per heavy atom. The van der Waals surface area contributed by atoms with E-state index in [-0.39, 0.29) is 5.57 Å². The number of aryl methyl sites for hydroxylation is 1. The van der Waals surface area contributed by atoms with E-state index >= 15 is 0 Å². The van der Waals surface area contributed by atoms with E-state index in [9.17, 15) is 9.59 Å². The molecule has 6 heteroatoms. The number of ether oxygens (including phenoxy) is 1. The number of primary amides is 2. The Balaban J connectivity index is 1.92. The number of carbonyl (C=O) groups is 2. The SMILES string of the molecule is NC(=O)C1=CC(CCc2cccnc2)(C(N)=O)CC2=C1OCC2. The predicted octanol–water partition coefficient (Wildman–Crippen LogP) is 0.976. The van der Waals surface area contributed by atoms with E-state index in [1.54, 1.807) is 18.5 Å². The maximum Gasteiger partial charge on any atom is 0.252 e. The van der Waals surface area contributed by atoms with E-state index in [1.807, 2.05) is 12.1 Å². The minimum Gasteiger partial charge on any atom is -0.492 e. The van der Waals surface area contributed by atoms with Crippen LogP contribution in [0.2, 0.25) is 0 Å². The molecule has 2 aliphatic rings. The van der Waals surface area contributed by atoms with Crippen molar-refractivity contribution in [2.45, 2.75) is 25.7 Å². The molecule has 1 aliphatic carbocycles. The van der Waals surface area contributed by atoms with Crippen LogP contribution in [0.1, 0.15) is 24.8 Å². The zero-order valence-electron chi connectivity index (χ0n) is 12.7.